The van der Waals surface area contributed by atoms with Crippen LogP contribution in [0.2, 0.25) is 0 Å². The van der Waals surface area contributed by atoms with Crippen molar-refractivity contribution in [1.29, 1.82) is 0 Å². The number of thioether (sulfide) groups is 1. The van der Waals surface area contributed by atoms with Crippen LogP contribution in [0.4, 0.5) is 0 Å². The third-order valence-corrected chi connectivity index (χ3v) is 5.91. The molecule has 1 unspecified atom stereocenters. The van der Waals surface area contributed by atoms with Crippen molar-refractivity contribution in [1.82, 2.24) is 4.90 Å². The predicted octanol–water partition coefficient (Wildman–Crippen LogP) is 3.58. The van der Waals surface area contributed by atoms with Crippen LogP contribution >= 0.6 is 23.1 Å². The van der Waals surface area contributed by atoms with Crippen molar-refractivity contribution < 1.29 is 14.3 Å². The maximum Gasteiger partial charge on any atom is 0.229 e. The lowest BCUT2D eigenvalue weighted by Gasteiger charge is -2.24. The van der Waals surface area contributed by atoms with Gasteiger partial charge in [0.25, 0.3) is 0 Å². The Balaban J connectivity index is 1.82. The maximum atomic E-state index is 12.7. The third kappa shape index (κ3) is 3.64. The standard InChI is InChI=1S/C17H19NO3S2/c1-20-13-8-12(9-14(10-13)21-2)17-18(5-7-23-17)16(19)11-15-4-3-6-22-15/h3-4,6,8-10,17H,5,7,11H2,1-2H3. The molecule has 2 aromatic rings. The molecule has 1 aliphatic heterocycles. The number of rotatable bonds is 5. The Kier molecular flexibility index (Phi) is 5.13. The first-order chi connectivity index (χ1) is 11.2. The smallest absolute Gasteiger partial charge is 0.229 e. The Labute approximate surface area is 144 Å². The quantitative estimate of drug-likeness (QED) is 0.827. The largest absolute Gasteiger partial charge is 0.497 e. The van der Waals surface area contributed by atoms with Crippen LogP contribution in [0.3, 0.4) is 0 Å². The van der Waals surface area contributed by atoms with Crippen LogP contribution in [-0.4, -0.2) is 37.3 Å². The lowest BCUT2D eigenvalue weighted by atomic mass is 10.1. The molecule has 1 saturated heterocycles. The second-order valence-electron chi connectivity index (χ2n) is 5.21. The highest BCUT2D eigenvalue weighted by Gasteiger charge is 2.31. The van der Waals surface area contributed by atoms with Crippen molar-refractivity contribution in [3.05, 3.63) is 46.2 Å². The van der Waals surface area contributed by atoms with Gasteiger partial charge in [-0.05, 0) is 29.1 Å². The van der Waals surface area contributed by atoms with Crippen molar-refractivity contribution in [2.45, 2.75) is 11.8 Å². The molecule has 0 bridgehead atoms. The molecule has 1 amide bonds. The zero-order valence-electron chi connectivity index (χ0n) is 13.2. The summed E-state index contributed by atoms with van der Waals surface area (Å²) < 4.78 is 10.7. The van der Waals surface area contributed by atoms with Gasteiger partial charge in [-0.2, -0.15) is 0 Å². The van der Waals surface area contributed by atoms with E-state index >= 15 is 0 Å². The van der Waals surface area contributed by atoms with Gasteiger partial charge in [-0.25, -0.2) is 0 Å². The van der Waals surface area contributed by atoms with E-state index in [2.05, 4.69) is 0 Å². The van der Waals surface area contributed by atoms with E-state index in [9.17, 15) is 4.79 Å². The minimum absolute atomic E-state index is 0.0199. The van der Waals surface area contributed by atoms with Gasteiger partial charge in [-0.3, -0.25) is 4.79 Å². The summed E-state index contributed by atoms with van der Waals surface area (Å²) >= 11 is 3.41. The van der Waals surface area contributed by atoms with Gasteiger partial charge in [0.05, 0.1) is 20.6 Å². The summed E-state index contributed by atoms with van der Waals surface area (Å²) in [5, 5.41) is 2.03. The van der Waals surface area contributed by atoms with Gasteiger partial charge in [0.1, 0.15) is 16.9 Å². The Morgan fingerprint density at radius 2 is 2.00 bits per heavy atom. The number of carbonyl (C=O) groups excluding carboxylic acids is 1. The molecule has 3 rings (SSSR count). The number of thiophene rings is 1. The normalized spacial score (nSPS) is 17.3. The van der Waals surface area contributed by atoms with E-state index < -0.39 is 0 Å². The zero-order valence-corrected chi connectivity index (χ0v) is 14.8. The number of nitrogens with zero attached hydrogens (tertiary/aromatic N) is 1. The summed E-state index contributed by atoms with van der Waals surface area (Å²) in [7, 11) is 3.28. The lowest BCUT2D eigenvalue weighted by molar-refractivity contribution is -0.130. The number of amides is 1. The molecular formula is C17H19NO3S2. The first-order valence-electron chi connectivity index (χ1n) is 7.37. The molecule has 23 heavy (non-hydrogen) atoms. The molecule has 0 radical (unpaired) electrons. The summed E-state index contributed by atoms with van der Waals surface area (Å²) in [5.74, 6) is 2.61. The van der Waals surface area contributed by atoms with Gasteiger partial charge in [0.2, 0.25) is 5.91 Å². The van der Waals surface area contributed by atoms with E-state index in [0.717, 1.165) is 34.2 Å². The van der Waals surface area contributed by atoms with E-state index in [1.54, 1.807) is 37.3 Å². The van der Waals surface area contributed by atoms with E-state index in [0.29, 0.717) is 6.42 Å². The second kappa shape index (κ2) is 7.27. The first-order valence-corrected chi connectivity index (χ1v) is 9.30. The topological polar surface area (TPSA) is 38.8 Å². The van der Waals surface area contributed by atoms with Crippen LogP contribution in [-0.2, 0) is 11.2 Å². The maximum absolute atomic E-state index is 12.7. The Morgan fingerprint density at radius 3 is 2.61 bits per heavy atom. The average molecular weight is 349 g/mol. The fourth-order valence-corrected chi connectivity index (χ4v) is 4.59. The molecule has 2 heterocycles. The monoisotopic (exact) mass is 349 g/mol. The molecule has 1 atom stereocenters. The first kappa shape index (κ1) is 16.2. The number of hydrogen-bond acceptors (Lipinski definition) is 5. The van der Waals surface area contributed by atoms with Crippen molar-refractivity contribution in [2.24, 2.45) is 0 Å². The number of carbonyl (C=O) groups is 1. The molecule has 1 aliphatic rings. The molecule has 1 fully saturated rings. The lowest BCUT2D eigenvalue weighted by Crippen LogP contribution is -2.31. The van der Waals surface area contributed by atoms with Gasteiger partial charge < -0.3 is 14.4 Å². The van der Waals surface area contributed by atoms with Crippen molar-refractivity contribution >= 4 is 29.0 Å². The molecule has 0 N–H and O–H groups in total. The molecule has 122 valence electrons. The van der Waals surface area contributed by atoms with Crippen LogP contribution in [0.5, 0.6) is 11.5 Å². The number of benzene rings is 1. The summed E-state index contributed by atoms with van der Waals surface area (Å²) in [6.07, 6.45) is 0.468. The van der Waals surface area contributed by atoms with Crippen LogP contribution < -0.4 is 9.47 Å². The van der Waals surface area contributed by atoms with Crippen LogP contribution in [0, 0.1) is 0 Å². The summed E-state index contributed by atoms with van der Waals surface area (Å²) in [5.41, 5.74) is 1.04. The third-order valence-electron chi connectivity index (χ3n) is 3.78. The summed E-state index contributed by atoms with van der Waals surface area (Å²) in [6, 6.07) is 9.81. The highest BCUT2D eigenvalue weighted by Crippen LogP contribution is 2.40. The van der Waals surface area contributed by atoms with Crippen LogP contribution in [0.15, 0.2) is 35.7 Å². The fraction of sp³-hybridized carbons (Fsp3) is 0.353. The summed E-state index contributed by atoms with van der Waals surface area (Å²) in [6.45, 7) is 0.777. The van der Waals surface area contributed by atoms with E-state index in [1.807, 2.05) is 40.6 Å². The van der Waals surface area contributed by atoms with Crippen LogP contribution in [0.25, 0.3) is 0 Å². The fourth-order valence-electron chi connectivity index (χ4n) is 2.64. The molecule has 6 heteroatoms. The summed E-state index contributed by atoms with van der Waals surface area (Å²) in [4.78, 5) is 15.7. The molecule has 1 aromatic carbocycles. The second-order valence-corrected chi connectivity index (χ2v) is 7.43. The molecule has 1 aromatic heterocycles. The van der Waals surface area contributed by atoms with Crippen molar-refractivity contribution in [3.63, 3.8) is 0 Å². The van der Waals surface area contributed by atoms with Gasteiger partial charge in [-0.1, -0.05) is 6.07 Å². The molecular weight excluding hydrogens is 330 g/mol. The number of methoxy groups -OCH3 is 2. The molecule has 4 nitrogen and oxygen atoms in total. The molecule has 0 spiro atoms. The zero-order chi connectivity index (χ0) is 16.2. The minimum atomic E-state index is 0.0199. The van der Waals surface area contributed by atoms with Gasteiger partial charge in [-0.15, -0.1) is 23.1 Å². The van der Waals surface area contributed by atoms with Gasteiger partial charge in [0.15, 0.2) is 0 Å². The Morgan fingerprint density at radius 1 is 1.26 bits per heavy atom. The average Bonchev–Trinajstić information content (AvgIpc) is 3.25. The Hall–Kier alpha value is -1.66. The SMILES string of the molecule is COc1cc(OC)cc(C2SCCN2C(=O)Cc2cccs2)c1. The highest BCUT2D eigenvalue weighted by atomic mass is 32.2. The molecule has 0 saturated carbocycles. The van der Waals surface area contributed by atoms with Crippen molar-refractivity contribution in [2.75, 3.05) is 26.5 Å². The Bertz CT molecular complexity index is 650. The highest BCUT2D eigenvalue weighted by molar-refractivity contribution is 7.99. The minimum Gasteiger partial charge on any atom is -0.497 e. The predicted molar refractivity (Wildman–Crippen MR) is 94.5 cm³/mol. The van der Waals surface area contributed by atoms with Gasteiger partial charge in [0, 0.05) is 23.2 Å². The molecule has 0 aliphatic carbocycles. The van der Waals surface area contributed by atoms with Gasteiger partial charge >= 0.3 is 0 Å². The number of ether oxygens (including phenoxy) is 2. The van der Waals surface area contributed by atoms with E-state index in [1.165, 1.54) is 0 Å². The number of hydrogen-bond donors (Lipinski definition) is 0. The van der Waals surface area contributed by atoms with E-state index in [4.69, 9.17) is 9.47 Å². The van der Waals surface area contributed by atoms with Crippen LogP contribution in [0.1, 0.15) is 15.8 Å². The van der Waals surface area contributed by atoms with E-state index in [-0.39, 0.29) is 11.3 Å². The van der Waals surface area contributed by atoms with Crippen molar-refractivity contribution in [3.8, 4) is 11.5 Å².